The molecule has 1 fully saturated rings. The van der Waals surface area contributed by atoms with Crippen LogP contribution in [0.15, 0.2) is 12.3 Å². The zero-order chi connectivity index (χ0) is 12.0. The van der Waals surface area contributed by atoms with Crippen molar-refractivity contribution in [2.45, 2.75) is 52.1 Å². The zero-order valence-electron chi connectivity index (χ0n) is 10.4. The molecule has 0 bridgehead atoms. The fourth-order valence-electron chi connectivity index (χ4n) is 1.86. The lowest BCUT2D eigenvalue weighted by Gasteiger charge is -2.11. The van der Waals surface area contributed by atoms with Gasteiger partial charge in [0.1, 0.15) is 0 Å². The summed E-state index contributed by atoms with van der Waals surface area (Å²) >= 11 is 0. The Hall–Kier alpha value is -0.830. The lowest BCUT2D eigenvalue weighted by Crippen LogP contribution is -2.18. The Kier molecular flexibility index (Phi) is 5.53. The normalized spacial score (nSPS) is 19.0. The second kappa shape index (κ2) is 6.69. The van der Waals surface area contributed by atoms with Crippen LogP contribution in [0.5, 0.6) is 0 Å². The number of aliphatic hydroxyl groups is 1. The molecule has 3 heteroatoms. The summed E-state index contributed by atoms with van der Waals surface area (Å²) in [4.78, 5) is 13.0. The smallest absolute Gasteiger partial charge is 0.226 e. The van der Waals surface area contributed by atoms with E-state index in [1.807, 2.05) is 0 Å². The van der Waals surface area contributed by atoms with Gasteiger partial charge in [0.25, 0.3) is 0 Å². The predicted molar refractivity (Wildman–Crippen MR) is 64.8 cm³/mol. The molecule has 0 unspecified atom stereocenters. The summed E-state index contributed by atoms with van der Waals surface area (Å²) in [5, 5.41) is 9.68. The molecule has 1 N–H and O–H groups in total. The van der Waals surface area contributed by atoms with Gasteiger partial charge < -0.3 is 10.0 Å². The standard InChI is InChI=1S/C13H23NO2/c1-11(2)5-3-6-12(15)8-10-14-9-4-7-13(14)16/h8,10-12,15H,3-7,9H2,1-2H3/t12-/m1/s1. The van der Waals surface area contributed by atoms with E-state index in [0.717, 1.165) is 32.2 Å². The Bertz CT molecular complexity index is 248. The van der Waals surface area contributed by atoms with E-state index in [1.54, 1.807) is 17.2 Å². The van der Waals surface area contributed by atoms with Crippen LogP contribution < -0.4 is 0 Å². The number of aliphatic hydroxyl groups excluding tert-OH is 1. The number of likely N-dealkylation sites (tertiary alicyclic amines) is 1. The number of amides is 1. The second-order valence-corrected chi connectivity index (χ2v) is 4.92. The van der Waals surface area contributed by atoms with Crippen LogP contribution in [-0.4, -0.2) is 28.6 Å². The molecule has 1 aliphatic heterocycles. The van der Waals surface area contributed by atoms with Crippen LogP contribution in [0.4, 0.5) is 0 Å². The summed E-state index contributed by atoms with van der Waals surface area (Å²) in [6.07, 6.45) is 7.63. The van der Waals surface area contributed by atoms with Gasteiger partial charge >= 0.3 is 0 Å². The monoisotopic (exact) mass is 225 g/mol. The topological polar surface area (TPSA) is 40.5 Å². The van der Waals surface area contributed by atoms with Gasteiger partial charge in [0.05, 0.1) is 6.10 Å². The number of carbonyl (C=O) groups is 1. The zero-order valence-corrected chi connectivity index (χ0v) is 10.4. The summed E-state index contributed by atoms with van der Waals surface area (Å²) in [5.74, 6) is 0.863. The molecular formula is C13H23NO2. The average molecular weight is 225 g/mol. The highest BCUT2D eigenvalue weighted by Gasteiger charge is 2.17. The molecule has 1 saturated heterocycles. The first-order valence-corrected chi connectivity index (χ1v) is 6.25. The molecule has 16 heavy (non-hydrogen) atoms. The Balaban J connectivity index is 2.20. The summed E-state index contributed by atoms with van der Waals surface area (Å²) in [7, 11) is 0. The summed E-state index contributed by atoms with van der Waals surface area (Å²) in [6.45, 7) is 5.17. The van der Waals surface area contributed by atoms with Gasteiger partial charge in [-0.05, 0) is 24.8 Å². The Labute approximate surface area is 98.1 Å². The van der Waals surface area contributed by atoms with E-state index in [0.29, 0.717) is 12.3 Å². The fourth-order valence-corrected chi connectivity index (χ4v) is 1.86. The molecule has 3 nitrogen and oxygen atoms in total. The Morgan fingerprint density at radius 3 is 2.75 bits per heavy atom. The van der Waals surface area contributed by atoms with E-state index < -0.39 is 6.10 Å². The number of carbonyl (C=O) groups excluding carboxylic acids is 1. The van der Waals surface area contributed by atoms with Gasteiger partial charge in [-0.2, -0.15) is 0 Å². The van der Waals surface area contributed by atoms with Crippen molar-refractivity contribution in [2.24, 2.45) is 5.92 Å². The van der Waals surface area contributed by atoms with Crippen LogP contribution in [-0.2, 0) is 4.79 Å². The number of rotatable bonds is 6. The van der Waals surface area contributed by atoms with Crippen LogP contribution in [0.2, 0.25) is 0 Å². The minimum atomic E-state index is -0.410. The van der Waals surface area contributed by atoms with Crippen molar-refractivity contribution < 1.29 is 9.90 Å². The van der Waals surface area contributed by atoms with Crippen LogP contribution >= 0.6 is 0 Å². The molecule has 1 heterocycles. The van der Waals surface area contributed by atoms with E-state index in [1.165, 1.54) is 0 Å². The third-order valence-corrected chi connectivity index (χ3v) is 2.88. The van der Waals surface area contributed by atoms with Crippen molar-refractivity contribution in [3.8, 4) is 0 Å². The van der Waals surface area contributed by atoms with Gasteiger partial charge in [-0.3, -0.25) is 4.79 Å². The minimum Gasteiger partial charge on any atom is -0.389 e. The molecule has 0 aromatic rings. The maximum absolute atomic E-state index is 11.3. The lowest BCUT2D eigenvalue weighted by molar-refractivity contribution is -0.125. The predicted octanol–water partition coefficient (Wildman–Crippen LogP) is 2.31. The first kappa shape index (κ1) is 13.2. The molecule has 0 aliphatic carbocycles. The minimum absolute atomic E-state index is 0.172. The Morgan fingerprint density at radius 2 is 2.19 bits per heavy atom. The number of hydrogen-bond donors (Lipinski definition) is 1. The number of nitrogens with zero attached hydrogens (tertiary/aromatic N) is 1. The lowest BCUT2D eigenvalue weighted by atomic mass is 10.0. The first-order valence-electron chi connectivity index (χ1n) is 6.25. The molecule has 1 aliphatic rings. The molecule has 0 saturated carbocycles. The third kappa shape index (κ3) is 4.79. The van der Waals surface area contributed by atoms with Crippen LogP contribution in [0.25, 0.3) is 0 Å². The van der Waals surface area contributed by atoms with Crippen LogP contribution in [0.3, 0.4) is 0 Å². The van der Waals surface area contributed by atoms with Crippen molar-refractivity contribution in [1.82, 2.24) is 4.90 Å². The van der Waals surface area contributed by atoms with Gasteiger partial charge in [0, 0.05) is 19.2 Å². The average Bonchev–Trinajstić information content (AvgIpc) is 2.60. The molecule has 92 valence electrons. The van der Waals surface area contributed by atoms with Crippen molar-refractivity contribution in [1.29, 1.82) is 0 Å². The largest absolute Gasteiger partial charge is 0.389 e. The van der Waals surface area contributed by atoms with E-state index in [4.69, 9.17) is 0 Å². The molecule has 1 atom stereocenters. The first-order chi connectivity index (χ1) is 7.59. The summed E-state index contributed by atoms with van der Waals surface area (Å²) in [5.41, 5.74) is 0. The van der Waals surface area contributed by atoms with Crippen molar-refractivity contribution in [3.63, 3.8) is 0 Å². The van der Waals surface area contributed by atoms with E-state index >= 15 is 0 Å². The SMILES string of the molecule is CC(C)CCC[C@@H](O)C=CN1CCCC1=O. The van der Waals surface area contributed by atoms with Crippen molar-refractivity contribution >= 4 is 5.91 Å². The van der Waals surface area contributed by atoms with Gasteiger partial charge in [0.15, 0.2) is 0 Å². The van der Waals surface area contributed by atoms with Crippen LogP contribution in [0, 0.1) is 5.92 Å². The highest BCUT2D eigenvalue weighted by atomic mass is 16.3. The van der Waals surface area contributed by atoms with Gasteiger partial charge in [-0.1, -0.05) is 26.7 Å². The fraction of sp³-hybridized carbons (Fsp3) is 0.769. The molecule has 1 rings (SSSR count). The molecule has 0 aromatic heterocycles. The summed E-state index contributed by atoms with van der Waals surface area (Å²) in [6, 6.07) is 0. The van der Waals surface area contributed by atoms with Gasteiger partial charge in [-0.25, -0.2) is 0 Å². The number of hydrogen-bond acceptors (Lipinski definition) is 2. The quantitative estimate of drug-likeness (QED) is 0.753. The van der Waals surface area contributed by atoms with E-state index in [-0.39, 0.29) is 5.91 Å². The highest BCUT2D eigenvalue weighted by Crippen LogP contribution is 2.12. The molecular weight excluding hydrogens is 202 g/mol. The molecule has 0 radical (unpaired) electrons. The maximum Gasteiger partial charge on any atom is 0.226 e. The molecule has 0 aromatic carbocycles. The molecule has 1 amide bonds. The van der Waals surface area contributed by atoms with Crippen molar-refractivity contribution in [3.05, 3.63) is 12.3 Å². The second-order valence-electron chi connectivity index (χ2n) is 4.92. The van der Waals surface area contributed by atoms with Gasteiger partial charge in [0.2, 0.25) is 5.91 Å². The highest BCUT2D eigenvalue weighted by molar-refractivity contribution is 5.79. The van der Waals surface area contributed by atoms with Crippen LogP contribution in [0.1, 0.15) is 46.0 Å². The van der Waals surface area contributed by atoms with E-state index in [9.17, 15) is 9.90 Å². The third-order valence-electron chi connectivity index (χ3n) is 2.88. The molecule has 0 spiro atoms. The van der Waals surface area contributed by atoms with Crippen molar-refractivity contribution in [2.75, 3.05) is 6.54 Å². The summed E-state index contributed by atoms with van der Waals surface area (Å²) < 4.78 is 0. The maximum atomic E-state index is 11.3. The Morgan fingerprint density at radius 1 is 1.44 bits per heavy atom. The van der Waals surface area contributed by atoms with E-state index in [2.05, 4.69) is 13.8 Å². The van der Waals surface area contributed by atoms with Gasteiger partial charge in [-0.15, -0.1) is 0 Å².